The Balaban J connectivity index is 1.74. The summed E-state index contributed by atoms with van der Waals surface area (Å²) in [6, 6.07) is 25.4. The van der Waals surface area contributed by atoms with E-state index >= 15 is 0 Å². The smallest absolute Gasteiger partial charge is 0.135 e. The number of nitrogens with zero attached hydrogens (tertiary/aromatic N) is 2. The van der Waals surface area contributed by atoms with Gasteiger partial charge >= 0.3 is 0 Å². The van der Waals surface area contributed by atoms with Crippen LogP contribution in [0, 0.1) is 11.6 Å². The number of pyridine rings is 2. The van der Waals surface area contributed by atoms with Crippen LogP contribution in [0.15, 0.2) is 84.9 Å². The van der Waals surface area contributed by atoms with Crippen LogP contribution in [0.3, 0.4) is 0 Å². The molecule has 4 aromatic rings. The van der Waals surface area contributed by atoms with Crippen molar-refractivity contribution in [2.75, 3.05) is 0 Å². The van der Waals surface area contributed by atoms with Crippen LogP contribution in [0.1, 0.15) is 50.3 Å². The van der Waals surface area contributed by atoms with Gasteiger partial charge in [-0.25, -0.2) is 8.78 Å². The Labute approximate surface area is 188 Å². The van der Waals surface area contributed by atoms with E-state index in [0.717, 1.165) is 23.1 Å². The van der Waals surface area contributed by atoms with E-state index < -0.39 is 17.0 Å². The highest BCUT2D eigenvalue weighted by atomic mass is 19.1. The molecule has 0 saturated carbocycles. The Morgan fingerprint density at radius 3 is 1.84 bits per heavy atom. The van der Waals surface area contributed by atoms with Gasteiger partial charge in [0.05, 0.1) is 22.8 Å². The van der Waals surface area contributed by atoms with Gasteiger partial charge in [0, 0.05) is 22.5 Å². The van der Waals surface area contributed by atoms with Gasteiger partial charge in [-0.05, 0) is 55.8 Å². The van der Waals surface area contributed by atoms with Crippen LogP contribution in [0.5, 0.6) is 0 Å². The molecule has 32 heavy (non-hydrogen) atoms. The van der Waals surface area contributed by atoms with E-state index in [-0.39, 0.29) is 11.0 Å². The third-order valence-electron chi connectivity index (χ3n) is 6.12. The second kappa shape index (κ2) is 8.27. The molecule has 2 aromatic heterocycles. The third-order valence-corrected chi connectivity index (χ3v) is 6.12. The molecule has 2 heterocycles. The van der Waals surface area contributed by atoms with Crippen molar-refractivity contribution < 1.29 is 8.78 Å². The van der Waals surface area contributed by atoms with Crippen molar-refractivity contribution in [3.8, 4) is 11.3 Å². The zero-order chi connectivity index (χ0) is 22.9. The van der Waals surface area contributed by atoms with Crippen molar-refractivity contribution >= 4 is 0 Å². The lowest BCUT2D eigenvalue weighted by atomic mass is 9.79. The van der Waals surface area contributed by atoms with Crippen LogP contribution >= 0.6 is 0 Å². The van der Waals surface area contributed by atoms with Crippen molar-refractivity contribution in [1.29, 1.82) is 0 Å². The standard InChI is InChI=1S/C28H26F2N2/c1-27(2,19-10-6-5-7-11-19)24-14-9-15-26(32-24)28(3,4)25-13-8-12-23(31-25)21-17-16-20(29)18-22(21)30/h5-18H,1-4H3. The minimum atomic E-state index is -0.628. The van der Waals surface area contributed by atoms with E-state index in [0.29, 0.717) is 5.69 Å². The molecule has 2 aromatic carbocycles. The third kappa shape index (κ3) is 4.05. The number of hydrogen-bond donors (Lipinski definition) is 0. The fourth-order valence-electron chi connectivity index (χ4n) is 3.89. The fourth-order valence-corrected chi connectivity index (χ4v) is 3.89. The average Bonchev–Trinajstić information content (AvgIpc) is 2.80. The predicted octanol–water partition coefficient (Wildman–Crippen LogP) is 7.07. The molecule has 0 amide bonds. The van der Waals surface area contributed by atoms with Gasteiger partial charge in [0.15, 0.2) is 0 Å². The van der Waals surface area contributed by atoms with Crippen LogP contribution in [0.4, 0.5) is 8.78 Å². The molecule has 0 unspecified atom stereocenters. The quantitative estimate of drug-likeness (QED) is 0.340. The molecule has 4 rings (SSSR count). The molecule has 0 aliphatic rings. The van der Waals surface area contributed by atoms with Crippen molar-refractivity contribution in [2.24, 2.45) is 0 Å². The highest BCUT2D eigenvalue weighted by Crippen LogP contribution is 2.34. The predicted molar refractivity (Wildman–Crippen MR) is 125 cm³/mol. The summed E-state index contributed by atoms with van der Waals surface area (Å²) in [4.78, 5) is 9.77. The van der Waals surface area contributed by atoms with Crippen LogP contribution in [-0.2, 0) is 10.8 Å². The van der Waals surface area contributed by atoms with E-state index in [2.05, 4.69) is 39.8 Å². The topological polar surface area (TPSA) is 25.8 Å². The zero-order valence-corrected chi connectivity index (χ0v) is 18.7. The second-order valence-electron chi connectivity index (χ2n) is 9.06. The summed E-state index contributed by atoms with van der Waals surface area (Å²) in [5, 5.41) is 0. The Kier molecular flexibility index (Phi) is 5.64. The number of aromatic nitrogens is 2. The molecule has 0 aliphatic heterocycles. The summed E-state index contributed by atoms with van der Waals surface area (Å²) in [5.41, 5.74) is 3.76. The molecule has 0 bridgehead atoms. The normalized spacial score (nSPS) is 12.1. The zero-order valence-electron chi connectivity index (χ0n) is 18.7. The molecular weight excluding hydrogens is 402 g/mol. The average molecular weight is 429 g/mol. The number of rotatable bonds is 5. The number of hydrogen-bond acceptors (Lipinski definition) is 2. The lowest BCUT2D eigenvalue weighted by molar-refractivity contribution is 0.564. The molecule has 0 atom stereocenters. The summed E-state index contributed by atoms with van der Waals surface area (Å²) in [5.74, 6) is -1.23. The molecule has 0 N–H and O–H groups in total. The fraction of sp³-hybridized carbons (Fsp3) is 0.214. The van der Waals surface area contributed by atoms with Crippen LogP contribution in [-0.4, -0.2) is 9.97 Å². The van der Waals surface area contributed by atoms with Crippen LogP contribution in [0.2, 0.25) is 0 Å². The van der Waals surface area contributed by atoms with Gasteiger partial charge in [-0.15, -0.1) is 0 Å². The van der Waals surface area contributed by atoms with Gasteiger partial charge in [0.1, 0.15) is 11.6 Å². The van der Waals surface area contributed by atoms with Crippen molar-refractivity contribution in [1.82, 2.24) is 9.97 Å². The SMILES string of the molecule is CC(C)(c1ccccc1)c1cccc(C(C)(C)c2cccc(-c3ccc(F)cc3F)n2)n1. The van der Waals surface area contributed by atoms with Crippen molar-refractivity contribution in [3.63, 3.8) is 0 Å². The van der Waals surface area contributed by atoms with Gasteiger partial charge in [0.25, 0.3) is 0 Å². The van der Waals surface area contributed by atoms with Crippen LogP contribution < -0.4 is 0 Å². The lowest BCUT2D eigenvalue weighted by Crippen LogP contribution is -2.26. The number of halogens is 2. The molecule has 162 valence electrons. The summed E-state index contributed by atoms with van der Waals surface area (Å²) < 4.78 is 27.7. The highest BCUT2D eigenvalue weighted by molar-refractivity contribution is 5.60. The van der Waals surface area contributed by atoms with Crippen molar-refractivity contribution in [2.45, 2.75) is 38.5 Å². The van der Waals surface area contributed by atoms with E-state index in [1.165, 1.54) is 17.7 Å². The molecule has 0 radical (unpaired) electrons. The first kappa shape index (κ1) is 21.8. The Morgan fingerprint density at radius 1 is 0.594 bits per heavy atom. The van der Waals surface area contributed by atoms with E-state index in [1.54, 1.807) is 6.07 Å². The van der Waals surface area contributed by atoms with Crippen molar-refractivity contribution in [3.05, 3.63) is 119 Å². The largest absolute Gasteiger partial charge is 0.256 e. The van der Waals surface area contributed by atoms with E-state index in [4.69, 9.17) is 9.97 Å². The molecule has 0 fully saturated rings. The minimum Gasteiger partial charge on any atom is -0.256 e. The first-order chi connectivity index (χ1) is 15.2. The molecule has 4 heteroatoms. The second-order valence-corrected chi connectivity index (χ2v) is 9.06. The van der Waals surface area contributed by atoms with Crippen LogP contribution in [0.25, 0.3) is 11.3 Å². The molecular formula is C28H26F2N2. The molecule has 0 aliphatic carbocycles. The van der Waals surface area contributed by atoms with E-state index in [1.807, 2.05) is 48.5 Å². The summed E-state index contributed by atoms with van der Waals surface area (Å²) >= 11 is 0. The lowest BCUT2D eigenvalue weighted by Gasteiger charge is -2.29. The maximum Gasteiger partial charge on any atom is 0.135 e. The minimum absolute atomic E-state index is 0.264. The molecule has 0 saturated heterocycles. The van der Waals surface area contributed by atoms with Gasteiger partial charge in [-0.3, -0.25) is 9.97 Å². The van der Waals surface area contributed by atoms with Gasteiger partial charge in [-0.2, -0.15) is 0 Å². The first-order valence-electron chi connectivity index (χ1n) is 10.7. The maximum absolute atomic E-state index is 14.3. The summed E-state index contributed by atoms with van der Waals surface area (Å²) in [7, 11) is 0. The van der Waals surface area contributed by atoms with Gasteiger partial charge < -0.3 is 0 Å². The summed E-state index contributed by atoms with van der Waals surface area (Å²) in [6.45, 7) is 8.44. The maximum atomic E-state index is 14.3. The Morgan fingerprint density at radius 2 is 1.19 bits per heavy atom. The van der Waals surface area contributed by atoms with Gasteiger partial charge in [0.2, 0.25) is 0 Å². The Hall–Kier alpha value is -3.40. The van der Waals surface area contributed by atoms with E-state index in [9.17, 15) is 8.78 Å². The monoisotopic (exact) mass is 428 g/mol. The molecule has 2 nitrogen and oxygen atoms in total. The highest BCUT2D eigenvalue weighted by Gasteiger charge is 2.30. The summed E-state index contributed by atoms with van der Waals surface area (Å²) in [6.07, 6.45) is 0. The van der Waals surface area contributed by atoms with Gasteiger partial charge in [-0.1, -0.05) is 56.3 Å². The number of benzene rings is 2. The Bertz CT molecular complexity index is 1250. The molecule has 0 spiro atoms. The first-order valence-corrected chi connectivity index (χ1v) is 10.7.